The van der Waals surface area contributed by atoms with Gasteiger partial charge in [-0.3, -0.25) is 4.79 Å². The number of nitrogens with zero attached hydrogens (tertiary/aromatic N) is 1. The number of alkyl halides is 2. The highest BCUT2D eigenvalue weighted by molar-refractivity contribution is 5.84. The van der Waals surface area contributed by atoms with Crippen LogP contribution in [0.5, 0.6) is 0 Å². The van der Waals surface area contributed by atoms with Crippen LogP contribution in [0, 0.1) is 0 Å². The number of aromatic amines is 1. The number of rotatable bonds is 7. The zero-order valence-corrected chi connectivity index (χ0v) is 11.6. The maximum atomic E-state index is 12.4. The fraction of sp³-hybridized carbons (Fsp3) is 0.400. The highest BCUT2D eigenvalue weighted by atomic mass is 19.3. The van der Waals surface area contributed by atoms with Crippen LogP contribution in [0.1, 0.15) is 12.0 Å². The maximum absolute atomic E-state index is 12.4. The number of nitrogens with one attached hydrogen (secondary N) is 1. The smallest absolute Gasteiger partial charge is 0.255 e. The van der Waals surface area contributed by atoms with E-state index in [1.807, 2.05) is 30.5 Å². The number of benzene rings is 1. The quantitative estimate of drug-likeness (QED) is 0.823. The van der Waals surface area contributed by atoms with Gasteiger partial charge in [0.1, 0.15) is 0 Å². The summed E-state index contributed by atoms with van der Waals surface area (Å²) in [7, 11) is 0. The summed E-state index contributed by atoms with van der Waals surface area (Å²) >= 11 is 0. The minimum Gasteiger partial charge on any atom is -0.395 e. The first-order chi connectivity index (χ1) is 10.1. The van der Waals surface area contributed by atoms with Crippen LogP contribution >= 0.6 is 0 Å². The number of para-hydroxylation sites is 1. The van der Waals surface area contributed by atoms with E-state index in [4.69, 9.17) is 5.11 Å². The van der Waals surface area contributed by atoms with E-state index in [9.17, 15) is 13.6 Å². The third-order valence-corrected chi connectivity index (χ3v) is 3.36. The summed E-state index contributed by atoms with van der Waals surface area (Å²) in [5.74, 6) is -0.366. The number of halogens is 2. The van der Waals surface area contributed by atoms with E-state index in [1.54, 1.807) is 0 Å². The minimum atomic E-state index is -2.59. The van der Waals surface area contributed by atoms with Gasteiger partial charge in [-0.2, -0.15) is 0 Å². The summed E-state index contributed by atoms with van der Waals surface area (Å²) in [6.07, 6.45) is -0.127. The first kappa shape index (κ1) is 15.4. The van der Waals surface area contributed by atoms with Gasteiger partial charge in [-0.05, 0) is 18.1 Å². The van der Waals surface area contributed by atoms with Crippen molar-refractivity contribution in [1.29, 1.82) is 0 Å². The van der Waals surface area contributed by atoms with Crippen molar-refractivity contribution in [3.63, 3.8) is 0 Å². The standard InChI is InChI=1S/C15H18F2N2O2/c16-14(17)10-19(7-8-20)15(21)6-5-11-9-18-13-4-2-1-3-12(11)13/h1-4,9,14,18,20H,5-8,10H2. The second-order valence-corrected chi connectivity index (χ2v) is 4.81. The fourth-order valence-electron chi connectivity index (χ4n) is 2.34. The molecule has 6 heteroatoms. The lowest BCUT2D eigenvalue weighted by Gasteiger charge is -2.21. The van der Waals surface area contributed by atoms with Crippen molar-refractivity contribution in [2.45, 2.75) is 19.3 Å². The van der Waals surface area contributed by atoms with Crippen molar-refractivity contribution in [3.8, 4) is 0 Å². The molecule has 1 aromatic carbocycles. The fourth-order valence-corrected chi connectivity index (χ4v) is 2.34. The van der Waals surface area contributed by atoms with Crippen LogP contribution in [-0.4, -0.2) is 47.0 Å². The Balaban J connectivity index is 1.99. The van der Waals surface area contributed by atoms with Gasteiger partial charge in [0.2, 0.25) is 5.91 Å². The molecule has 2 aromatic rings. The number of carbonyl (C=O) groups excluding carboxylic acids is 1. The van der Waals surface area contributed by atoms with Crippen molar-refractivity contribution in [1.82, 2.24) is 9.88 Å². The summed E-state index contributed by atoms with van der Waals surface area (Å²) in [5.41, 5.74) is 1.97. The van der Waals surface area contributed by atoms with Crippen molar-refractivity contribution in [3.05, 3.63) is 36.0 Å². The molecule has 0 radical (unpaired) electrons. The zero-order chi connectivity index (χ0) is 15.2. The van der Waals surface area contributed by atoms with Gasteiger partial charge in [0.15, 0.2) is 0 Å². The summed E-state index contributed by atoms with van der Waals surface area (Å²) in [6, 6.07) is 7.72. The minimum absolute atomic E-state index is 0.0585. The maximum Gasteiger partial charge on any atom is 0.255 e. The van der Waals surface area contributed by atoms with Crippen LogP contribution in [0.25, 0.3) is 10.9 Å². The van der Waals surface area contributed by atoms with E-state index in [0.717, 1.165) is 21.4 Å². The molecule has 0 aliphatic carbocycles. The topological polar surface area (TPSA) is 56.3 Å². The Hall–Kier alpha value is -1.95. The van der Waals surface area contributed by atoms with Gasteiger partial charge in [0, 0.05) is 30.1 Å². The Morgan fingerprint density at radius 3 is 2.81 bits per heavy atom. The monoisotopic (exact) mass is 296 g/mol. The predicted molar refractivity (Wildman–Crippen MR) is 76.3 cm³/mol. The van der Waals surface area contributed by atoms with E-state index in [-0.39, 0.29) is 25.5 Å². The molecule has 4 nitrogen and oxygen atoms in total. The number of hydrogen-bond donors (Lipinski definition) is 2. The Bertz CT molecular complexity index is 598. The van der Waals surface area contributed by atoms with Crippen LogP contribution in [0.4, 0.5) is 8.78 Å². The molecule has 0 bridgehead atoms. The Kier molecular flexibility index (Phi) is 5.27. The SMILES string of the molecule is O=C(CCc1c[nH]c2ccccc12)N(CCO)CC(F)F. The summed E-state index contributed by atoms with van der Waals surface area (Å²) in [6.45, 7) is -1.00. The molecule has 21 heavy (non-hydrogen) atoms. The average Bonchev–Trinajstić information content (AvgIpc) is 2.87. The van der Waals surface area contributed by atoms with E-state index in [1.165, 1.54) is 0 Å². The molecular formula is C15H18F2N2O2. The molecule has 0 saturated carbocycles. The molecule has 2 N–H and O–H groups in total. The number of H-pyrrole nitrogens is 1. The lowest BCUT2D eigenvalue weighted by Crippen LogP contribution is -2.37. The van der Waals surface area contributed by atoms with Gasteiger partial charge in [-0.25, -0.2) is 8.78 Å². The van der Waals surface area contributed by atoms with Crippen molar-refractivity contribution in [2.24, 2.45) is 0 Å². The molecule has 1 aromatic heterocycles. The normalized spacial score (nSPS) is 11.2. The molecule has 0 spiro atoms. The molecule has 0 atom stereocenters. The summed E-state index contributed by atoms with van der Waals surface area (Å²) in [5, 5.41) is 9.88. The van der Waals surface area contributed by atoms with Crippen LogP contribution in [-0.2, 0) is 11.2 Å². The second kappa shape index (κ2) is 7.17. The van der Waals surface area contributed by atoms with Crippen LogP contribution in [0.15, 0.2) is 30.5 Å². The second-order valence-electron chi connectivity index (χ2n) is 4.81. The van der Waals surface area contributed by atoms with Gasteiger partial charge in [0.05, 0.1) is 13.2 Å². The third-order valence-electron chi connectivity index (χ3n) is 3.36. The van der Waals surface area contributed by atoms with E-state index in [0.29, 0.717) is 6.42 Å². The highest BCUT2D eigenvalue weighted by Gasteiger charge is 2.18. The van der Waals surface area contributed by atoms with Gasteiger partial charge in [-0.1, -0.05) is 18.2 Å². The predicted octanol–water partition coefficient (Wildman–Crippen LogP) is 2.19. The number of aliphatic hydroxyl groups excluding tert-OH is 1. The van der Waals surface area contributed by atoms with Gasteiger partial charge in [0.25, 0.3) is 6.43 Å². The largest absolute Gasteiger partial charge is 0.395 e. The Morgan fingerprint density at radius 1 is 1.33 bits per heavy atom. The molecule has 0 aliphatic heterocycles. The van der Waals surface area contributed by atoms with Gasteiger partial charge < -0.3 is 15.0 Å². The number of aryl methyl sites for hydroxylation is 1. The molecule has 114 valence electrons. The van der Waals surface area contributed by atoms with E-state index >= 15 is 0 Å². The lowest BCUT2D eigenvalue weighted by atomic mass is 10.1. The Labute approximate surface area is 121 Å². The molecule has 0 saturated heterocycles. The van der Waals surface area contributed by atoms with Crippen LogP contribution in [0.3, 0.4) is 0 Å². The highest BCUT2D eigenvalue weighted by Crippen LogP contribution is 2.19. The number of amides is 1. The number of aromatic nitrogens is 1. The Morgan fingerprint density at radius 2 is 2.10 bits per heavy atom. The molecule has 0 aliphatic rings. The summed E-state index contributed by atoms with van der Waals surface area (Å²) in [4.78, 5) is 16.1. The molecule has 0 unspecified atom stereocenters. The van der Waals surface area contributed by atoms with E-state index in [2.05, 4.69) is 4.98 Å². The number of carbonyl (C=O) groups is 1. The van der Waals surface area contributed by atoms with Crippen LogP contribution in [0.2, 0.25) is 0 Å². The lowest BCUT2D eigenvalue weighted by molar-refractivity contribution is -0.133. The average molecular weight is 296 g/mol. The zero-order valence-electron chi connectivity index (χ0n) is 11.6. The molecule has 2 rings (SSSR count). The molecule has 1 heterocycles. The first-order valence-corrected chi connectivity index (χ1v) is 6.83. The van der Waals surface area contributed by atoms with Crippen molar-refractivity contribution >= 4 is 16.8 Å². The van der Waals surface area contributed by atoms with E-state index < -0.39 is 13.0 Å². The van der Waals surface area contributed by atoms with Crippen molar-refractivity contribution < 1.29 is 18.7 Å². The molecular weight excluding hydrogens is 278 g/mol. The number of fused-ring (bicyclic) bond motifs is 1. The van der Waals surface area contributed by atoms with Gasteiger partial charge in [-0.15, -0.1) is 0 Å². The third kappa shape index (κ3) is 4.01. The molecule has 1 amide bonds. The number of hydrogen-bond acceptors (Lipinski definition) is 2. The summed E-state index contributed by atoms with van der Waals surface area (Å²) < 4.78 is 24.8. The van der Waals surface area contributed by atoms with Gasteiger partial charge >= 0.3 is 0 Å². The number of aliphatic hydroxyl groups is 1. The first-order valence-electron chi connectivity index (χ1n) is 6.83. The van der Waals surface area contributed by atoms with Crippen LogP contribution < -0.4 is 0 Å². The molecule has 0 fully saturated rings. The van der Waals surface area contributed by atoms with Crippen molar-refractivity contribution in [2.75, 3.05) is 19.7 Å².